The lowest BCUT2D eigenvalue weighted by Crippen LogP contribution is -2.03. The average molecular weight is 162 g/mol. The summed E-state index contributed by atoms with van der Waals surface area (Å²) < 4.78 is 0. The van der Waals surface area contributed by atoms with Crippen molar-refractivity contribution in [2.24, 2.45) is 17.8 Å². The molecule has 2 aliphatic carbocycles. The zero-order chi connectivity index (χ0) is 8.55. The molecule has 0 aromatic heterocycles. The second-order valence-corrected chi connectivity index (χ2v) is 3.91. The Morgan fingerprint density at radius 3 is 2.75 bits per heavy atom. The van der Waals surface area contributed by atoms with Gasteiger partial charge in [-0.3, -0.25) is 4.79 Å². The summed E-state index contributed by atoms with van der Waals surface area (Å²) in [4.78, 5) is 10.7. The van der Waals surface area contributed by atoms with E-state index in [0.29, 0.717) is 5.92 Å². The van der Waals surface area contributed by atoms with Gasteiger partial charge in [0.15, 0.2) is 5.78 Å². The van der Waals surface area contributed by atoms with Crippen LogP contribution in [0.4, 0.5) is 0 Å². The highest BCUT2D eigenvalue weighted by atomic mass is 16.1. The Bertz CT molecular complexity index is 250. The first-order valence-electron chi connectivity index (χ1n) is 4.63. The van der Waals surface area contributed by atoms with Gasteiger partial charge >= 0.3 is 0 Å². The summed E-state index contributed by atoms with van der Waals surface area (Å²) in [7, 11) is 0. The fourth-order valence-corrected chi connectivity index (χ4v) is 2.30. The summed E-state index contributed by atoms with van der Waals surface area (Å²) in [6, 6.07) is 0. The molecule has 2 aliphatic rings. The minimum Gasteiger partial charge on any atom is -0.295 e. The van der Waals surface area contributed by atoms with Gasteiger partial charge in [0.25, 0.3) is 0 Å². The van der Waals surface area contributed by atoms with Crippen LogP contribution in [-0.2, 0) is 4.79 Å². The maximum absolute atomic E-state index is 10.7. The van der Waals surface area contributed by atoms with E-state index >= 15 is 0 Å². The number of hydrogen-bond donors (Lipinski definition) is 0. The van der Waals surface area contributed by atoms with E-state index in [1.807, 2.05) is 0 Å². The number of carbonyl (C=O) groups is 1. The van der Waals surface area contributed by atoms with Crippen LogP contribution in [0.2, 0.25) is 0 Å². The molecule has 2 bridgehead atoms. The van der Waals surface area contributed by atoms with E-state index in [0.717, 1.165) is 11.8 Å². The molecule has 0 heterocycles. The van der Waals surface area contributed by atoms with Crippen molar-refractivity contribution >= 4 is 5.78 Å². The Morgan fingerprint density at radius 1 is 1.42 bits per heavy atom. The van der Waals surface area contributed by atoms with Crippen LogP contribution in [0.1, 0.15) is 19.8 Å². The summed E-state index contributed by atoms with van der Waals surface area (Å²) in [5.41, 5.74) is 0. The zero-order valence-corrected chi connectivity index (χ0v) is 7.36. The summed E-state index contributed by atoms with van der Waals surface area (Å²) in [5, 5.41) is 0. The highest BCUT2D eigenvalue weighted by Crippen LogP contribution is 2.43. The molecule has 0 amide bonds. The fourth-order valence-electron chi connectivity index (χ4n) is 2.30. The fraction of sp³-hybridized carbons (Fsp3) is 0.545. The minimum atomic E-state index is 0.168. The summed E-state index contributed by atoms with van der Waals surface area (Å²) in [5.74, 6) is 2.34. The number of rotatable bonds is 2. The first kappa shape index (κ1) is 7.78. The summed E-state index contributed by atoms with van der Waals surface area (Å²) in [6.45, 7) is 1.61. The molecule has 0 unspecified atom stereocenters. The van der Waals surface area contributed by atoms with E-state index in [1.165, 1.54) is 12.8 Å². The van der Waals surface area contributed by atoms with Gasteiger partial charge in [-0.05, 0) is 43.6 Å². The molecule has 3 atom stereocenters. The predicted molar refractivity (Wildman–Crippen MR) is 48.7 cm³/mol. The molecule has 1 saturated carbocycles. The van der Waals surface area contributed by atoms with E-state index in [-0.39, 0.29) is 5.78 Å². The van der Waals surface area contributed by atoms with E-state index in [4.69, 9.17) is 0 Å². The van der Waals surface area contributed by atoms with Crippen LogP contribution >= 0.6 is 0 Å². The monoisotopic (exact) mass is 162 g/mol. The molecule has 12 heavy (non-hydrogen) atoms. The lowest BCUT2D eigenvalue weighted by molar-refractivity contribution is -0.112. The summed E-state index contributed by atoms with van der Waals surface area (Å²) >= 11 is 0. The van der Waals surface area contributed by atoms with Crippen molar-refractivity contribution in [3.63, 3.8) is 0 Å². The van der Waals surface area contributed by atoms with Gasteiger partial charge in [-0.25, -0.2) is 0 Å². The van der Waals surface area contributed by atoms with Gasteiger partial charge in [0.05, 0.1) is 0 Å². The molecule has 2 rings (SSSR count). The molecule has 0 N–H and O–H groups in total. The molecule has 1 fully saturated rings. The number of ketones is 1. The normalized spacial score (nSPS) is 38.2. The lowest BCUT2D eigenvalue weighted by Gasteiger charge is -2.12. The maximum atomic E-state index is 10.7. The van der Waals surface area contributed by atoms with Crippen molar-refractivity contribution in [3.05, 3.63) is 24.3 Å². The highest BCUT2D eigenvalue weighted by molar-refractivity contribution is 5.87. The first-order valence-corrected chi connectivity index (χ1v) is 4.63. The molecule has 0 spiro atoms. The van der Waals surface area contributed by atoms with Gasteiger partial charge in [-0.1, -0.05) is 18.2 Å². The second-order valence-electron chi connectivity index (χ2n) is 3.91. The number of carbonyl (C=O) groups excluding carboxylic acids is 1. The average Bonchev–Trinajstić information content (AvgIpc) is 2.60. The molecule has 1 nitrogen and oxygen atoms in total. The molecule has 0 aromatic carbocycles. The van der Waals surface area contributed by atoms with Crippen molar-refractivity contribution in [2.45, 2.75) is 19.8 Å². The Morgan fingerprint density at radius 2 is 2.25 bits per heavy atom. The van der Waals surface area contributed by atoms with Crippen LogP contribution in [0.3, 0.4) is 0 Å². The Kier molecular flexibility index (Phi) is 1.87. The molecular formula is C11H14O. The largest absolute Gasteiger partial charge is 0.295 e. The van der Waals surface area contributed by atoms with Crippen molar-refractivity contribution in [1.29, 1.82) is 0 Å². The molecule has 0 radical (unpaired) electrons. The molecular weight excluding hydrogens is 148 g/mol. The van der Waals surface area contributed by atoms with Crippen LogP contribution in [-0.4, -0.2) is 5.78 Å². The second kappa shape index (κ2) is 2.89. The molecule has 64 valence electrons. The van der Waals surface area contributed by atoms with Crippen LogP contribution in [0.15, 0.2) is 24.3 Å². The number of fused-ring (bicyclic) bond motifs is 2. The van der Waals surface area contributed by atoms with Crippen molar-refractivity contribution in [2.75, 3.05) is 0 Å². The third kappa shape index (κ3) is 1.36. The summed E-state index contributed by atoms with van der Waals surface area (Å²) in [6.07, 6.45) is 11.0. The van der Waals surface area contributed by atoms with Crippen LogP contribution in [0, 0.1) is 17.8 Å². The molecule has 0 saturated heterocycles. The van der Waals surface area contributed by atoms with Crippen molar-refractivity contribution in [1.82, 2.24) is 0 Å². The molecule has 0 aliphatic heterocycles. The van der Waals surface area contributed by atoms with E-state index in [9.17, 15) is 4.79 Å². The van der Waals surface area contributed by atoms with E-state index in [1.54, 1.807) is 13.0 Å². The number of hydrogen-bond acceptors (Lipinski definition) is 1. The third-order valence-electron chi connectivity index (χ3n) is 2.91. The van der Waals surface area contributed by atoms with Gasteiger partial charge in [0.1, 0.15) is 0 Å². The first-order chi connectivity index (χ1) is 5.75. The van der Waals surface area contributed by atoms with E-state index in [2.05, 4.69) is 18.2 Å². The van der Waals surface area contributed by atoms with Gasteiger partial charge < -0.3 is 0 Å². The maximum Gasteiger partial charge on any atom is 0.152 e. The SMILES string of the molecule is CC(=O)/C=C/[C@@H]1C[C@@H]2C=C[C@H]1C2. The third-order valence-corrected chi connectivity index (χ3v) is 2.91. The van der Waals surface area contributed by atoms with Crippen LogP contribution < -0.4 is 0 Å². The Hall–Kier alpha value is -0.850. The quantitative estimate of drug-likeness (QED) is 0.450. The van der Waals surface area contributed by atoms with Crippen molar-refractivity contribution in [3.8, 4) is 0 Å². The van der Waals surface area contributed by atoms with Crippen molar-refractivity contribution < 1.29 is 4.79 Å². The standard InChI is InChI=1S/C11H14O/c1-8(12)2-4-10-6-9-3-5-11(10)7-9/h2-5,9-11H,6-7H2,1H3/b4-2+/t9-,10+,11-/m0/s1. The van der Waals surface area contributed by atoms with Crippen LogP contribution in [0.25, 0.3) is 0 Å². The van der Waals surface area contributed by atoms with Gasteiger partial charge in [-0.15, -0.1) is 0 Å². The predicted octanol–water partition coefficient (Wildman–Crippen LogP) is 2.34. The van der Waals surface area contributed by atoms with Gasteiger partial charge in [0, 0.05) is 0 Å². The van der Waals surface area contributed by atoms with Gasteiger partial charge in [0.2, 0.25) is 0 Å². The van der Waals surface area contributed by atoms with Gasteiger partial charge in [-0.2, -0.15) is 0 Å². The smallest absolute Gasteiger partial charge is 0.152 e. The minimum absolute atomic E-state index is 0.168. The lowest BCUT2D eigenvalue weighted by atomic mass is 9.93. The zero-order valence-electron chi connectivity index (χ0n) is 7.36. The highest BCUT2D eigenvalue weighted by Gasteiger charge is 2.33. The Labute approximate surface area is 73.2 Å². The molecule has 1 heteroatoms. The number of allylic oxidation sites excluding steroid dienone is 4. The van der Waals surface area contributed by atoms with E-state index < -0.39 is 0 Å². The molecule has 0 aromatic rings. The van der Waals surface area contributed by atoms with Crippen LogP contribution in [0.5, 0.6) is 0 Å². The topological polar surface area (TPSA) is 17.1 Å². The Balaban J connectivity index is 1.99.